The van der Waals surface area contributed by atoms with Gasteiger partial charge >= 0.3 is 0 Å². The third-order valence-corrected chi connectivity index (χ3v) is 3.14. The standard InChI is InChI=1S/C15H18N2O2.ClH/c1-11(2)15(19)17(7-8-18)10-12-9-16-14-6-4-3-5-13(12)14;/h3-6,8-9,11,16H,7,10H2,1-2H3;1H. The lowest BCUT2D eigenvalue weighted by Gasteiger charge is -2.22. The van der Waals surface area contributed by atoms with Crippen LogP contribution in [-0.2, 0) is 16.1 Å². The number of para-hydroxylation sites is 1. The van der Waals surface area contributed by atoms with Crippen LogP contribution in [0.3, 0.4) is 0 Å². The van der Waals surface area contributed by atoms with Gasteiger partial charge in [0.15, 0.2) is 0 Å². The molecule has 2 rings (SSSR count). The van der Waals surface area contributed by atoms with Gasteiger partial charge in [0.05, 0.1) is 6.54 Å². The molecule has 2 aromatic rings. The molecule has 0 spiro atoms. The van der Waals surface area contributed by atoms with Gasteiger partial charge in [0, 0.05) is 29.6 Å². The van der Waals surface area contributed by atoms with E-state index in [2.05, 4.69) is 4.98 Å². The molecule has 1 N–H and O–H groups in total. The quantitative estimate of drug-likeness (QED) is 0.862. The lowest BCUT2D eigenvalue weighted by molar-refractivity contribution is -0.136. The summed E-state index contributed by atoms with van der Waals surface area (Å²) in [5.74, 6) is -0.109. The van der Waals surface area contributed by atoms with Crippen molar-refractivity contribution < 1.29 is 9.59 Å². The minimum atomic E-state index is -0.106. The van der Waals surface area contributed by atoms with Crippen molar-refractivity contribution in [2.75, 3.05) is 6.54 Å². The monoisotopic (exact) mass is 294 g/mol. The highest BCUT2D eigenvalue weighted by Gasteiger charge is 2.18. The molecule has 0 bridgehead atoms. The molecular weight excluding hydrogens is 276 g/mol. The summed E-state index contributed by atoms with van der Waals surface area (Å²) in [4.78, 5) is 27.6. The maximum absolute atomic E-state index is 12.1. The van der Waals surface area contributed by atoms with E-state index in [0.29, 0.717) is 6.54 Å². The first kappa shape index (κ1) is 16.2. The van der Waals surface area contributed by atoms with E-state index in [-0.39, 0.29) is 30.8 Å². The van der Waals surface area contributed by atoms with Gasteiger partial charge in [-0.1, -0.05) is 32.0 Å². The third kappa shape index (κ3) is 3.39. The molecule has 0 saturated carbocycles. The summed E-state index contributed by atoms with van der Waals surface area (Å²) in [7, 11) is 0. The van der Waals surface area contributed by atoms with Crippen LogP contribution < -0.4 is 0 Å². The zero-order chi connectivity index (χ0) is 13.8. The van der Waals surface area contributed by atoms with Gasteiger partial charge in [-0.05, 0) is 11.6 Å². The van der Waals surface area contributed by atoms with E-state index in [0.717, 1.165) is 22.8 Å². The number of aldehydes is 1. The molecule has 1 aromatic carbocycles. The van der Waals surface area contributed by atoms with Gasteiger partial charge in [-0.3, -0.25) is 4.79 Å². The molecule has 0 fully saturated rings. The van der Waals surface area contributed by atoms with E-state index in [1.807, 2.05) is 44.3 Å². The van der Waals surface area contributed by atoms with Crippen molar-refractivity contribution in [3.05, 3.63) is 36.0 Å². The fourth-order valence-electron chi connectivity index (χ4n) is 2.16. The number of benzene rings is 1. The highest BCUT2D eigenvalue weighted by Crippen LogP contribution is 2.19. The molecule has 20 heavy (non-hydrogen) atoms. The maximum atomic E-state index is 12.1. The molecule has 0 saturated heterocycles. The van der Waals surface area contributed by atoms with Crippen molar-refractivity contribution in [3.8, 4) is 0 Å². The molecule has 1 amide bonds. The molecule has 0 unspecified atom stereocenters. The van der Waals surface area contributed by atoms with Crippen molar-refractivity contribution in [1.82, 2.24) is 9.88 Å². The lowest BCUT2D eigenvalue weighted by atomic mass is 10.1. The third-order valence-electron chi connectivity index (χ3n) is 3.14. The number of fused-ring (bicyclic) bond motifs is 1. The van der Waals surface area contributed by atoms with Gasteiger partial charge in [-0.2, -0.15) is 0 Å². The van der Waals surface area contributed by atoms with Crippen LogP contribution >= 0.6 is 12.4 Å². The van der Waals surface area contributed by atoms with Crippen LogP contribution in [0.1, 0.15) is 19.4 Å². The van der Waals surface area contributed by atoms with E-state index in [9.17, 15) is 9.59 Å². The van der Waals surface area contributed by atoms with Crippen LogP contribution in [0.5, 0.6) is 0 Å². The van der Waals surface area contributed by atoms with Crippen LogP contribution in [0, 0.1) is 5.92 Å². The van der Waals surface area contributed by atoms with Gasteiger partial charge in [0.25, 0.3) is 0 Å². The molecule has 4 nitrogen and oxygen atoms in total. The molecule has 108 valence electrons. The smallest absolute Gasteiger partial charge is 0.225 e. The van der Waals surface area contributed by atoms with Crippen molar-refractivity contribution in [2.45, 2.75) is 20.4 Å². The Morgan fingerprint density at radius 1 is 1.35 bits per heavy atom. The molecular formula is C15H19ClN2O2. The normalized spacial score (nSPS) is 10.3. The number of halogens is 1. The molecule has 0 aliphatic heterocycles. The fourth-order valence-corrected chi connectivity index (χ4v) is 2.16. The second-order valence-corrected chi connectivity index (χ2v) is 4.90. The van der Waals surface area contributed by atoms with E-state index in [1.54, 1.807) is 4.90 Å². The summed E-state index contributed by atoms with van der Waals surface area (Å²) in [6.45, 7) is 4.28. The van der Waals surface area contributed by atoms with Gasteiger partial charge < -0.3 is 14.7 Å². The lowest BCUT2D eigenvalue weighted by Crippen LogP contribution is -2.35. The molecule has 0 atom stereocenters. The summed E-state index contributed by atoms with van der Waals surface area (Å²) in [5.41, 5.74) is 2.08. The molecule has 1 aromatic heterocycles. The molecule has 0 aliphatic rings. The van der Waals surface area contributed by atoms with Crippen LogP contribution in [0.4, 0.5) is 0 Å². The van der Waals surface area contributed by atoms with Crippen LogP contribution in [0.2, 0.25) is 0 Å². The predicted octanol–water partition coefficient (Wildman–Crippen LogP) is 2.77. The number of rotatable bonds is 5. The first-order valence-electron chi connectivity index (χ1n) is 6.41. The number of aromatic nitrogens is 1. The van der Waals surface area contributed by atoms with Gasteiger partial charge in [-0.25, -0.2) is 0 Å². The van der Waals surface area contributed by atoms with Gasteiger partial charge in [0.2, 0.25) is 5.91 Å². The SMILES string of the molecule is CC(C)C(=O)N(CC=O)Cc1c[nH]c2ccccc12.Cl. The fraction of sp³-hybridized carbons (Fsp3) is 0.333. The number of amides is 1. The zero-order valence-corrected chi connectivity index (χ0v) is 12.4. The summed E-state index contributed by atoms with van der Waals surface area (Å²) in [6.07, 6.45) is 2.67. The largest absolute Gasteiger partial charge is 0.361 e. The van der Waals surface area contributed by atoms with Crippen LogP contribution in [0.25, 0.3) is 10.9 Å². The number of H-pyrrole nitrogens is 1. The summed E-state index contributed by atoms with van der Waals surface area (Å²) < 4.78 is 0. The van der Waals surface area contributed by atoms with Gasteiger partial charge in [-0.15, -0.1) is 12.4 Å². The number of hydrogen-bond donors (Lipinski definition) is 1. The van der Waals surface area contributed by atoms with Crippen LogP contribution in [-0.4, -0.2) is 28.6 Å². The molecule has 1 heterocycles. The Morgan fingerprint density at radius 3 is 2.70 bits per heavy atom. The number of carbonyl (C=O) groups is 2. The topological polar surface area (TPSA) is 53.2 Å². The van der Waals surface area contributed by atoms with E-state index < -0.39 is 0 Å². The minimum absolute atomic E-state index is 0. The highest BCUT2D eigenvalue weighted by atomic mass is 35.5. The summed E-state index contributed by atoms with van der Waals surface area (Å²) in [6, 6.07) is 7.94. The average Bonchev–Trinajstić information content (AvgIpc) is 2.81. The summed E-state index contributed by atoms with van der Waals surface area (Å²) >= 11 is 0. The predicted molar refractivity (Wildman–Crippen MR) is 81.9 cm³/mol. The maximum Gasteiger partial charge on any atom is 0.225 e. The number of aromatic amines is 1. The van der Waals surface area contributed by atoms with E-state index in [1.165, 1.54) is 0 Å². The average molecular weight is 295 g/mol. The number of hydrogen-bond acceptors (Lipinski definition) is 2. The Balaban J connectivity index is 0.00000200. The Hall–Kier alpha value is -1.81. The summed E-state index contributed by atoms with van der Waals surface area (Å²) in [5, 5.41) is 1.09. The second kappa shape index (κ2) is 7.10. The van der Waals surface area contributed by atoms with Crippen LogP contribution in [0.15, 0.2) is 30.5 Å². The number of nitrogens with one attached hydrogen (secondary N) is 1. The van der Waals surface area contributed by atoms with E-state index in [4.69, 9.17) is 0 Å². The molecule has 5 heteroatoms. The number of carbonyl (C=O) groups excluding carboxylic acids is 2. The highest BCUT2D eigenvalue weighted by molar-refractivity contribution is 5.85. The second-order valence-electron chi connectivity index (χ2n) is 4.90. The van der Waals surface area contributed by atoms with Crippen molar-refractivity contribution >= 4 is 35.5 Å². The first-order chi connectivity index (χ1) is 9.13. The molecule has 0 radical (unpaired) electrons. The Kier molecular flexibility index (Phi) is 5.77. The van der Waals surface area contributed by atoms with Crippen molar-refractivity contribution in [1.29, 1.82) is 0 Å². The van der Waals surface area contributed by atoms with Gasteiger partial charge in [0.1, 0.15) is 6.29 Å². The Bertz CT molecular complexity index is 592. The van der Waals surface area contributed by atoms with E-state index >= 15 is 0 Å². The minimum Gasteiger partial charge on any atom is -0.361 e. The molecule has 0 aliphatic carbocycles. The van der Waals surface area contributed by atoms with Crippen molar-refractivity contribution in [3.63, 3.8) is 0 Å². The Labute approximate surface area is 124 Å². The van der Waals surface area contributed by atoms with Crippen molar-refractivity contribution in [2.24, 2.45) is 5.92 Å². The Morgan fingerprint density at radius 2 is 2.05 bits per heavy atom. The first-order valence-corrected chi connectivity index (χ1v) is 6.41. The zero-order valence-electron chi connectivity index (χ0n) is 11.6. The number of nitrogens with zero attached hydrogens (tertiary/aromatic N) is 1.